The molecule has 4 rings (SSSR count). The SMILES string of the molecule is Cc1ccc(Oc2ccc(Oc3ccc(Oc4ccc(C)cc4)cc3)cc2)cc1. The van der Waals surface area contributed by atoms with Crippen LogP contribution in [-0.2, 0) is 0 Å². The van der Waals surface area contributed by atoms with E-state index in [0.717, 1.165) is 34.5 Å². The highest BCUT2D eigenvalue weighted by atomic mass is 16.5. The first-order chi connectivity index (χ1) is 14.1. The van der Waals surface area contributed by atoms with Crippen LogP contribution < -0.4 is 14.2 Å². The molecule has 0 aromatic heterocycles. The van der Waals surface area contributed by atoms with Crippen molar-refractivity contribution in [2.45, 2.75) is 13.8 Å². The van der Waals surface area contributed by atoms with Gasteiger partial charge in [0, 0.05) is 0 Å². The molecule has 3 nitrogen and oxygen atoms in total. The molecular formula is C26H22O3. The van der Waals surface area contributed by atoms with Crippen LogP contribution in [0.3, 0.4) is 0 Å². The third-order valence-corrected chi connectivity index (χ3v) is 4.40. The quantitative estimate of drug-likeness (QED) is 0.342. The Labute approximate surface area is 171 Å². The first-order valence-corrected chi connectivity index (χ1v) is 9.51. The largest absolute Gasteiger partial charge is 0.457 e. The molecule has 4 aromatic rings. The number of aryl methyl sites for hydroxylation is 2. The lowest BCUT2D eigenvalue weighted by Crippen LogP contribution is -1.87. The first-order valence-electron chi connectivity index (χ1n) is 9.51. The highest BCUT2D eigenvalue weighted by molar-refractivity contribution is 5.40. The van der Waals surface area contributed by atoms with Gasteiger partial charge in [-0.1, -0.05) is 35.4 Å². The average Bonchev–Trinajstić information content (AvgIpc) is 2.74. The molecule has 0 bridgehead atoms. The third-order valence-electron chi connectivity index (χ3n) is 4.40. The lowest BCUT2D eigenvalue weighted by molar-refractivity contribution is 0.464. The van der Waals surface area contributed by atoms with Gasteiger partial charge in [-0.05, 0) is 86.6 Å². The lowest BCUT2D eigenvalue weighted by Gasteiger charge is -2.10. The van der Waals surface area contributed by atoms with Gasteiger partial charge in [0.2, 0.25) is 0 Å². The Balaban J connectivity index is 1.36. The van der Waals surface area contributed by atoms with Crippen LogP contribution in [0.4, 0.5) is 0 Å². The summed E-state index contributed by atoms with van der Waals surface area (Å²) in [5.74, 6) is 4.65. The molecule has 4 aromatic carbocycles. The van der Waals surface area contributed by atoms with E-state index in [1.54, 1.807) is 0 Å². The van der Waals surface area contributed by atoms with Gasteiger partial charge in [0.25, 0.3) is 0 Å². The predicted molar refractivity (Wildman–Crippen MR) is 115 cm³/mol. The van der Waals surface area contributed by atoms with Crippen LogP contribution in [0.25, 0.3) is 0 Å². The Morgan fingerprint density at radius 1 is 0.310 bits per heavy atom. The van der Waals surface area contributed by atoms with E-state index in [9.17, 15) is 0 Å². The number of rotatable bonds is 6. The topological polar surface area (TPSA) is 27.7 Å². The molecule has 0 aliphatic carbocycles. The Morgan fingerprint density at radius 3 is 0.690 bits per heavy atom. The van der Waals surface area contributed by atoms with Crippen LogP contribution in [0.15, 0.2) is 97.1 Å². The molecule has 0 atom stereocenters. The Hall–Kier alpha value is -3.72. The molecule has 29 heavy (non-hydrogen) atoms. The summed E-state index contributed by atoms with van der Waals surface area (Å²) in [5.41, 5.74) is 2.41. The molecule has 0 heterocycles. The van der Waals surface area contributed by atoms with E-state index >= 15 is 0 Å². The lowest BCUT2D eigenvalue weighted by atomic mass is 10.2. The zero-order chi connectivity index (χ0) is 20.1. The maximum Gasteiger partial charge on any atom is 0.127 e. The smallest absolute Gasteiger partial charge is 0.127 e. The summed E-state index contributed by atoms with van der Waals surface area (Å²) < 4.78 is 17.6. The molecule has 0 N–H and O–H groups in total. The minimum absolute atomic E-state index is 0.744. The first kappa shape index (κ1) is 18.6. The fourth-order valence-electron chi connectivity index (χ4n) is 2.77. The summed E-state index contributed by atoms with van der Waals surface area (Å²) in [4.78, 5) is 0. The van der Waals surface area contributed by atoms with E-state index in [4.69, 9.17) is 14.2 Å². The van der Waals surface area contributed by atoms with Gasteiger partial charge in [-0.3, -0.25) is 0 Å². The van der Waals surface area contributed by atoms with Gasteiger partial charge in [0.05, 0.1) is 0 Å². The molecule has 0 aliphatic heterocycles. The summed E-state index contributed by atoms with van der Waals surface area (Å²) in [6.45, 7) is 4.11. The maximum atomic E-state index is 5.91. The van der Waals surface area contributed by atoms with Crippen LogP contribution in [0.1, 0.15) is 11.1 Å². The predicted octanol–water partition coefficient (Wildman–Crippen LogP) is 7.68. The number of hydrogen-bond acceptors (Lipinski definition) is 3. The summed E-state index contributed by atoms with van der Waals surface area (Å²) in [5, 5.41) is 0. The normalized spacial score (nSPS) is 10.4. The van der Waals surface area contributed by atoms with Crippen molar-refractivity contribution in [1.29, 1.82) is 0 Å². The third kappa shape index (κ3) is 5.17. The maximum absolute atomic E-state index is 5.91. The van der Waals surface area contributed by atoms with E-state index < -0.39 is 0 Å². The van der Waals surface area contributed by atoms with Crippen LogP contribution >= 0.6 is 0 Å². The van der Waals surface area contributed by atoms with Crippen molar-refractivity contribution in [3.05, 3.63) is 108 Å². The molecule has 0 amide bonds. The van der Waals surface area contributed by atoms with E-state index in [1.165, 1.54) is 11.1 Å². The fourth-order valence-corrected chi connectivity index (χ4v) is 2.77. The van der Waals surface area contributed by atoms with Crippen LogP contribution in [0, 0.1) is 13.8 Å². The summed E-state index contributed by atoms with van der Waals surface area (Å²) >= 11 is 0. The van der Waals surface area contributed by atoms with Crippen molar-refractivity contribution in [3.8, 4) is 34.5 Å². The molecule has 0 spiro atoms. The number of ether oxygens (including phenoxy) is 3. The zero-order valence-electron chi connectivity index (χ0n) is 16.5. The Morgan fingerprint density at radius 2 is 0.483 bits per heavy atom. The van der Waals surface area contributed by atoms with Crippen molar-refractivity contribution >= 4 is 0 Å². The molecule has 3 heteroatoms. The van der Waals surface area contributed by atoms with E-state index in [0.29, 0.717) is 0 Å². The second-order valence-corrected chi connectivity index (χ2v) is 6.88. The molecule has 0 aliphatic rings. The molecule has 0 unspecified atom stereocenters. The van der Waals surface area contributed by atoms with Gasteiger partial charge >= 0.3 is 0 Å². The molecule has 0 radical (unpaired) electrons. The highest BCUT2D eigenvalue weighted by Gasteiger charge is 2.02. The van der Waals surface area contributed by atoms with Gasteiger partial charge in [-0.15, -0.1) is 0 Å². The monoisotopic (exact) mass is 382 g/mol. The van der Waals surface area contributed by atoms with Gasteiger partial charge in [-0.25, -0.2) is 0 Å². The van der Waals surface area contributed by atoms with E-state index in [2.05, 4.69) is 13.8 Å². The minimum Gasteiger partial charge on any atom is -0.457 e. The molecular weight excluding hydrogens is 360 g/mol. The number of benzene rings is 4. The fraction of sp³-hybridized carbons (Fsp3) is 0.0769. The molecule has 144 valence electrons. The summed E-state index contributed by atoms with van der Waals surface area (Å²) in [6, 6.07) is 31.1. The van der Waals surface area contributed by atoms with Crippen molar-refractivity contribution in [1.82, 2.24) is 0 Å². The average molecular weight is 382 g/mol. The molecule has 0 saturated carbocycles. The Bertz CT molecular complexity index is 960. The van der Waals surface area contributed by atoms with Crippen LogP contribution in [0.5, 0.6) is 34.5 Å². The summed E-state index contributed by atoms with van der Waals surface area (Å²) in [7, 11) is 0. The van der Waals surface area contributed by atoms with Gasteiger partial charge in [0.1, 0.15) is 34.5 Å². The van der Waals surface area contributed by atoms with Crippen LogP contribution in [0.2, 0.25) is 0 Å². The number of hydrogen-bond donors (Lipinski definition) is 0. The van der Waals surface area contributed by atoms with E-state index in [1.807, 2.05) is 97.1 Å². The second-order valence-electron chi connectivity index (χ2n) is 6.88. The van der Waals surface area contributed by atoms with Crippen molar-refractivity contribution in [3.63, 3.8) is 0 Å². The summed E-state index contributed by atoms with van der Waals surface area (Å²) in [6.07, 6.45) is 0. The minimum atomic E-state index is 0.744. The van der Waals surface area contributed by atoms with Gasteiger partial charge < -0.3 is 14.2 Å². The van der Waals surface area contributed by atoms with Crippen LogP contribution in [-0.4, -0.2) is 0 Å². The van der Waals surface area contributed by atoms with Crippen molar-refractivity contribution in [2.24, 2.45) is 0 Å². The van der Waals surface area contributed by atoms with E-state index in [-0.39, 0.29) is 0 Å². The Kier molecular flexibility index (Phi) is 5.48. The second kappa shape index (κ2) is 8.53. The van der Waals surface area contributed by atoms with Gasteiger partial charge in [-0.2, -0.15) is 0 Å². The molecule has 0 fully saturated rings. The van der Waals surface area contributed by atoms with Gasteiger partial charge in [0.15, 0.2) is 0 Å². The standard InChI is InChI=1S/C26H22O3/c1-19-3-7-21(8-4-19)27-23-11-15-25(16-12-23)29-26-17-13-24(14-18-26)28-22-9-5-20(2)6-10-22/h3-18H,1-2H3. The van der Waals surface area contributed by atoms with Crippen molar-refractivity contribution < 1.29 is 14.2 Å². The highest BCUT2D eigenvalue weighted by Crippen LogP contribution is 2.29. The molecule has 0 saturated heterocycles. The zero-order valence-corrected chi connectivity index (χ0v) is 16.5. The van der Waals surface area contributed by atoms with Crippen molar-refractivity contribution in [2.75, 3.05) is 0 Å².